The summed E-state index contributed by atoms with van der Waals surface area (Å²) in [6, 6.07) is 7.25. The van der Waals surface area contributed by atoms with E-state index < -0.39 is 5.91 Å². The second-order valence-electron chi connectivity index (χ2n) is 4.72. The fourth-order valence-corrected chi connectivity index (χ4v) is 4.49. The van der Waals surface area contributed by atoms with Crippen LogP contribution in [0.2, 0.25) is 5.02 Å². The fourth-order valence-electron chi connectivity index (χ4n) is 1.72. The Morgan fingerprint density at radius 1 is 1.29 bits per heavy atom. The quantitative estimate of drug-likeness (QED) is 0.659. The molecular weight excluding hydrogens is 388 g/mol. The van der Waals surface area contributed by atoms with E-state index in [0.29, 0.717) is 13.7 Å². The Hall–Kier alpha value is -1.29. The first-order chi connectivity index (χ1) is 11.4. The van der Waals surface area contributed by atoms with Crippen LogP contribution in [0.3, 0.4) is 0 Å². The molecular formula is C14H15ClN4O2S3. The van der Waals surface area contributed by atoms with E-state index in [1.165, 1.54) is 34.9 Å². The minimum Gasteiger partial charge on any atom is -0.369 e. The van der Waals surface area contributed by atoms with Gasteiger partial charge in [-0.1, -0.05) is 58.6 Å². The standard InChI is InChI=1S/C14H15ClN4O2S3/c1-8(9-3-2-4-10(15)5-9)17-12(21)7-23-14-19-18-13(24-14)22-6-11(16)20/h2-5,8H,6-7H2,1H3,(H2,16,20)(H,17,21)/t8-/m1/s1. The highest BCUT2D eigenvalue weighted by atomic mass is 35.5. The number of aromatic nitrogens is 2. The second-order valence-corrected chi connectivity index (χ2v) is 8.58. The number of carbonyl (C=O) groups excluding carboxylic acids is 2. The van der Waals surface area contributed by atoms with Crippen molar-refractivity contribution in [2.24, 2.45) is 5.73 Å². The van der Waals surface area contributed by atoms with Crippen LogP contribution in [0, 0.1) is 0 Å². The molecule has 0 bridgehead atoms. The predicted octanol–water partition coefficient (Wildman–Crippen LogP) is 2.74. The van der Waals surface area contributed by atoms with E-state index in [-0.39, 0.29) is 23.5 Å². The highest BCUT2D eigenvalue weighted by Crippen LogP contribution is 2.28. The molecule has 2 amide bonds. The van der Waals surface area contributed by atoms with Gasteiger partial charge >= 0.3 is 0 Å². The summed E-state index contributed by atoms with van der Waals surface area (Å²) in [4.78, 5) is 22.8. The summed E-state index contributed by atoms with van der Waals surface area (Å²) in [5.74, 6) is -0.107. The van der Waals surface area contributed by atoms with Gasteiger partial charge in [0.15, 0.2) is 8.68 Å². The zero-order chi connectivity index (χ0) is 17.5. The number of primary amides is 1. The Balaban J connectivity index is 1.79. The molecule has 0 radical (unpaired) electrons. The highest BCUT2D eigenvalue weighted by Gasteiger charge is 2.12. The lowest BCUT2D eigenvalue weighted by atomic mass is 10.1. The van der Waals surface area contributed by atoms with Crippen molar-refractivity contribution in [1.82, 2.24) is 15.5 Å². The largest absolute Gasteiger partial charge is 0.369 e. The van der Waals surface area contributed by atoms with Crippen LogP contribution in [0.1, 0.15) is 18.5 Å². The minimum atomic E-state index is -0.404. The van der Waals surface area contributed by atoms with Crippen LogP contribution in [0.15, 0.2) is 32.9 Å². The summed E-state index contributed by atoms with van der Waals surface area (Å²) < 4.78 is 1.33. The molecule has 0 saturated heterocycles. The van der Waals surface area contributed by atoms with Crippen molar-refractivity contribution in [1.29, 1.82) is 0 Å². The number of hydrogen-bond donors (Lipinski definition) is 2. The molecule has 3 N–H and O–H groups in total. The Bertz CT molecular complexity index is 726. The molecule has 0 saturated carbocycles. The van der Waals surface area contributed by atoms with E-state index in [2.05, 4.69) is 15.5 Å². The average Bonchev–Trinajstić information content (AvgIpc) is 2.99. The fraction of sp³-hybridized carbons (Fsp3) is 0.286. The summed E-state index contributed by atoms with van der Waals surface area (Å²) in [7, 11) is 0. The number of nitrogens with two attached hydrogens (primary N) is 1. The number of amides is 2. The summed E-state index contributed by atoms with van der Waals surface area (Å²) in [5, 5.41) is 11.5. The van der Waals surface area contributed by atoms with Crippen molar-refractivity contribution >= 4 is 58.3 Å². The van der Waals surface area contributed by atoms with Gasteiger partial charge in [0, 0.05) is 5.02 Å². The number of carbonyl (C=O) groups is 2. The second kappa shape index (κ2) is 9.26. The molecule has 6 nitrogen and oxygen atoms in total. The van der Waals surface area contributed by atoms with Gasteiger partial charge in [-0.3, -0.25) is 9.59 Å². The maximum Gasteiger partial charge on any atom is 0.230 e. The lowest BCUT2D eigenvalue weighted by molar-refractivity contribution is -0.119. The molecule has 0 unspecified atom stereocenters. The van der Waals surface area contributed by atoms with Gasteiger partial charge in [-0.15, -0.1) is 10.2 Å². The van der Waals surface area contributed by atoms with Crippen molar-refractivity contribution in [3.05, 3.63) is 34.9 Å². The third-order valence-electron chi connectivity index (χ3n) is 2.78. The van der Waals surface area contributed by atoms with E-state index in [1.54, 1.807) is 6.07 Å². The average molecular weight is 403 g/mol. The van der Waals surface area contributed by atoms with Crippen molar-refractivity contribution in [3.63, 3.8) is 0 Å². The molecule has 24 heavy (non-hydrogen) atoms. The zero-order valence-corrected chi connectivity index (χ0v) is 15.9. The van der Waals surface area contributed by atoms with Crippen molar-refractivity contribution in [3.8, 4) is 0 Å². The third kappa shape index (κ3) is 6.31. The van der Waals surface area contributed by atoms with Gasteiger partial charge in [-0.2, -0.15) is 0 Å². The Kier molecular flexibility index (Phi) is 7.35. The lowest BCUT2D eigenvalue weighted by Crippen LogP contribution is -2.28. The molecule has 0 aliphatic carbocycles. The van der Waals surface area contributed by atoms with E-state index in [1.807, 2.05) is 25.1 Å². The summed E-state index contributed by atoms with van der Waals surface area (Å²) in [5.41, 5.74) is 6.03. The SMILES string of the molecule is C[C@@H](NC(=O)CSc1nnc(SCC(N)=O)s1)c1cccc(Cl)c1. The normalized spacial score (nSPS) is 11.9. The maximum absolute atomic E-state index is 12.0. The molecule has 0 aliphatic rings. The molecule has 0 aliphatic heterocycles. The number of hydrogen-bond acceptors (Lipinski definition) is 7. The molecule has 2 rings (SSSR count). The van der Waals surface area contributed by atoms with E-state index in [4.69, 9.17) is 17.3 Å². The predicted molar refractivity (Wildman–Crippen MR) is 98.6 cm³/mol. The first-order valence-electron chi connectivity index (χ1n) is 6.86. The van der Waals surface area contributed by atoms with Gasteiger partial charge in [-0.05, 0) is 24.6 Å². The molecule has 1 atom stereocenters. The smallest absolute Gasteiger partial charge is 0.230 e. The van der Waals surface area contributed by atoms with Gasteiger partial charge in [-0.25, -0.2) is 0 Å². The van der Waals surface area contributed by atoms with Crippen LogP contribution in [-0.2, 0) is 9.59 Å². The topological polar surface area (TPSA) is 98.0 Å². The van der Waals surface area contributed by atoms with Gasteiger partial charge in [0.1, 0.15) is 0 Å². The molecule has 1 aromatic carbocycles. The Labute approximate surface area is 156 Å². The molecule has 0 fully saturated rings. The molecule has 1 heterocycles. The Morgan fingerprint density at radius 3 is 2.58 bits per heavy atom. The number of thioether (sulfide) groups is 2. The van der Waals surface area contributed by atoms with Crippen LogP contribution in [0.25, 0.3) is 0 Å². The summed E-state index contributed by atoms with van der Waals surface area (Å²) in [6.45, 7) is 1.90. The number of nitrogens with one attached hydrogen (secondary N) is 1. The van der Waals surface area contributed by atoms with Gasteiger partial charge in [0.05, 0.1) is 17.5 Å². The first-order valence-corrected chi connectivity index (χ1v) is 10.0. The van der Waals surface area contributed by atoms with Gasteiger partial charge in [0.2, 0.25) is 11.8 Å². The monoisotopic (exact) mass is 402 g/mol. The van der Waals surface area contributed by atoms with Crippen molar-refractivity contribution < 1.29 is 9.59 Å². The van der Waals surface area contributed by atoms with E-state index in [9.17, 15) is 9.59 Å². The van der Waals surface area contributed by atoms with Crippen LogP contribution >= 0.6 is 46.5 Å². The first kappa shape index (κ1) is 19.0. The molecule has 0 spiro atoms. The van der Waals surface area contributed by atoms with Gasteiger partial charge in [0.25, 0.3) is 0 Å². The van der Waals surface area contributed by atoms with Crippen LogP contribution in [0.5, 0.6) is 0 Å². The number of benzene rings is 1. The number of nitrogens with zero attached hydrogens (tertiary/aromatic N) is 2. The summed E-state index contributed by atoms with van der Waals surface area (Å²) >= 11 is 9.82. The van der Waals surface area contributed by atoms with Crippen molar-refractivity contribution in [2.45, 2.75) is 21.6 Å². The molecule has 128 valence electrons. The minimum absolute atomic E-state index is 0.103. The number of rotatable bonds is 8. The Morgan fingerprint density at radius 2 is 1.96 bits per heavy atom. The van der Waals surface area contributed by atoms with Gasteiger partial charge < -0.3 is 11.1 Å². The lowest BCUT2D eigenvalue weighted by Gasteiger charge is -2.14. The molecule has 1 aromatic heterocycles. The van der Waals surface area contributed by atoms with Crippen molar-refractivity contribution in [2.75, 3.05) is 11.5 Å². The highest BCUT2D eigenvalue weighted by molar-refractivity contribution is 8.03. The molecule has 10 heteroatoms. The zero-order valence-electron chi connectivity index (χ0n) is 12.7. The van der Waals surface area contributed by atoms with Crippen LogP contribution in [-0.4, -0.2) is 33.5 Å². The third-order valence-corrected chi connectivity index (χ3v) is 6.23. The summed E-state index contributed by atoms with van der Waals surface area (Å²) in [6.07, 6.45) is 0. The van der Waals surface area contributed by atoms with E-state index >= 15 is 0 Å². The van der Waals surface area contributed by atoms with Crippen LogP contribution in [0.4, 0.5) is 0 Å². The van der Waals surface area contributed by atoms with Crippen LogP contribution < -0.4 is 11.1 Å². The van der Waals surface area contributed by atoms with E-state index in [0.717, 1.165) is 5.56 Å². The maximum atomic E-state index is 12.0. The molecule has 2 aromatic rings. The number of halogens is 1.